The Morgan fingerprint density at radius 2 is 2.12 bits per heavy atom. The fourth-order valence-corrected chi connectivity index (χ4v) is 1.64. The number of benzene rings is 1. The fourth-order valence-electron chi connectivity index (χ4n) is 1.64. The first kappa shape index (κ1) is 12.0. The van der Waals surface area contributed by atoms with Crippen molar-refractivity contribution >= 4 is 5.91 Å². The van der Waals surface area contributed by atoms with Gasteiger partial charge in [0.2, 0.25) is 5.91 Å². The second kappa shape index (κ2) is 5.23. The monoisotopic (exact) mass is 240 g/mol. The van der Waals surface area contributed by atoms with E-state index in [2.05, 4.69) is 10.6 Å². The van der Waals surface area contributed by atoms with Crippen molar-refractivity contribution in [2.24, 2.45) is 5.92 Å². The number of carbonyl (C=O) groups is 1. The van der Waals surface area contributed by atoms with Crippen LogP contribution >= 0.6 is 0 Å². The molecule has 0 aromatic heterocycles. The van der Waals surface area contributed by atoms with Crippen molar-refractivity contribution < 1.29 is 13.6 Å². The molecule has 1 aromatic rings. The number of hydrogen-bond donors (Lipinski definition) is 2. The maximum atomic E-state index is 12.9. The summed E-state index contributed by atoms with van der Waals surface area (Å²) in [6.45, 7) is 1.88. The first-order valence-corrected chi connectivity index (χ1v) is 5.59. The Morgan fingerprint density at radius 1 is 1.35 bits per heavy atom. The predicted molar refractivity (Wildman–Crippen MR) is 59.4 cm³/mol. The SMILES string of the molecule is O=C(NCCc1ccc(F)c(F)c1)C1CNC1. The van der Waals surface area contributed by atoms with Crippen LogP contribution in [0.3, 0.4) is 0 Å². The van der Waals surface area contributed by atoms with E-state index in [9.17, 15) is 13.6 Å². The van der Waals surface area contributed by atoms with Crippen LogP contribution < -0.4 is 10.6 Å². The maximum Gasteiger partial charge on any atom is 0.225 e. The van der Waals surface area contributed by atoms with Gasteiger partial charge in [0, 0.05) is 19.6 Å². The molecule has 2 rings (SSSR count). The van der Waals surface area contributed by atoms with Gasteiger partial charge in [-0.1, -0.05) is 6.07 Å². The van der Waals surface area contributed by atoms with Crippen LogP contribution in [0.2, 0.25) is 0 Å². The fraction of sp³-hybridized carbons (Fsp3) is 0.417. The van der Waals surface area contributed by atoms with E-state index in [1.807, 2.05) is 0 Å². The minimum absolute atomic E-state index is 0.0198. The first-order chi connectivity index (χ1) is 8.16. The first-order valence-electron chi connectivity index (χ1n) is 5.59. The molecule has 17 heavy (non-hydrogen) atoms. The number of halogens is 2. The highest BCUT2D eigenvalue weighted by Gasteiger charge is 2.24. The molecule has 0 unspecified atom stereocenters. The highest BCUT2D eigenvalue weighted by Crippen LogP contribution is 2.09. The molecule has 1 fully saturated rings. The van der Waals surface area contributed by atoms with Crippen molar-refractivity contribution in [3.63, 3.8) is 0 Å². The quantitative estimate of drug-likeness (QED) is 0.819. The van der Waals surface area contributed by atoms with E-state index in [1.54, 1.807) is 0 Å². The zero-order valence-electron chi connectivity index (χ0n) is 9.30. The Kier molecular flexibility index (Phi) is 3.68. The van der Waals surface area contributed by atoms with E-state index in [0.717, 1.165) is 25.2 Å². The number of carbonyl (C=O) groups excluding carboxylic acids is 1. The van der Waals surface area contributed by atoms with Gasteiger partial charge in [0.1, 0.15) is 0 Å². The molecular weight excluding hydrogens is 226 g/mol. The zero-order valence-corrected chi connectivity index (χ0v) is 9.30. The van der Waals surface area contributed by atoms with Gasteiger partial charge < -0.3 is 10.6 Å². The van der Waals surface area contributed by atoms with Crippen molar-refractivity contribution in [3.8, 4) is 0 Å². The van der Waals surface area contributed by atoms with Gasteiger partial charge in [0.05, 0.1) is 5.92 Å². The lowest BCUT2D eigenvalue weighted by molar-refractivity contribution is -0.126. The lowest BCUT2D eigenvalue weighted by Crippen LogP contribution is -2.51. The summed E-state index contributed by atoms with van der Waals surface area (Å²) in [4.78, 5) is 11.5. The average molecular weight is 240 g/mol. The van der Waals surface area contributed by atoms with Crippen LogP contribution in [0.25, 0.3) is 0 Å². The molecule has 0 bridgehead atoms. The molecule has 1 aromatic carbocycles. The second-order valence-electron chi connectivity index (χ2n) is 4.14. The van der Waals surface area contributed by atoms with Gasteiger partial charge in [-0.15, -0.1) is 0 Å². The number of amides is 1. The Hall–Kier alpha value is -1.49. The molecular formula is C12H14F2N2O. The van der Waals surface area contributed by atoms with Crippen LogP contribution in [0.1, 0.15) is 5.56 Å². The van der Waals surface area contributed by atoms with Crippen molar-refractivity contribution in [3.05, 3.63) is 35.4 Å². The molecule has 0 atom stereocenters. The molecule has 1 aliphatic heterocycles. The highest BCUT2D eigenvalue weighted by atomic mass is 19.2. The van der Waals surface area contributed by atoms with E-state index in [4.69, 9.17) is 0 Å². The molecule has 1 heterocycles. The van der Waals surface area contributed by atoms with Crippen LogP contribution in [0, 0.1) is 17.6 Å². The van der Waals surface area contributed by atoms with Crippen LogP contribution in [-0.4, -0.2) is 25.5 Å². The minimum atomic E-state index is -0.850. The zero-order chi connectivity index (χ0) is 12.3. The average Bonchev–Trinajstić information content (AvgIpc) is 2.21. The molecule has 0 saturated carbocycles. The molecule has 1 saturated heterocycles. The van der Waals surface area contributed by atoms with E-state index in [0.29, 0.717) is 18.5 Å². The molecule has 3 nitrogen and oxygen atoms in total. The van der Waals surface area contributed by atoms with Gasteiger partial charge in [-0.3, -0.25) is 4.79 Å². The summed E-state index contributed by atoms with van der Waals surface area (Å²) in [5, 5.41) is 5.78. The van der Waals surface area contributed by atoms with E-state index >= 15 is 0 Å². The third kappa shape index (κ3) is 3.00. The molecule has 92 valence electrons. The summed E-state index contributed by atoms with van der Waals surface area (Å²) in [6, 6.07) is 3.78. The van der Waals surface area contributed by atoms with Crippen molar-refractivity contribution in [1.82, 2.24) is 10.6 Å². The molecule has 1 amide bonds. The molecule has 0 radical (unpaired) electrons. The topological polar surface area (TPSA) is 41.1 Å². The van der Waals surface area contributed by atoms with Crippen LogP contribution in [0.15, 0.2) is 18.2 Å². The standard InChI is InChI=1S/C12H14F2N2O/c13-10-2-1-8(5-11(10)14)3-4-16-12(17)9-6-15-7-9/h1-2,5,9,15H,3-4,6-7H2,(H,16,17). The van der Waals surface area contributed by atoms with Gasteiger partial charge in [-0.05, 0) is 24.1 Å². The van der Waals surface area contributed by atoms with Gasteiger partial charge in [0.15, 0.2) is 11.6 Å². The number of hydrogen-bond acceptors (Lipinski definition) is 2. The molecule has 0 spiro atoms. The third-order valence-electron chi connectivity index (χ3n) is 2.85. The summed E-state index contributed by atoms with van der Waals surface area (Å²) in [7, 11) is 0. The van der Waals surface area contributed by atoms with E-state index < -0.39 is 11.6 Å². The van der Waals surface area contributed by atoms with Gasteiger partial charge in [-0.2, -0.15) is 0 Å². The van der Waals surface area contributed by atoms with Crippen molar-refractivity contribution in [1.29, 1.82) is 0 Å². The Balaban J connectivity index is 1.77. The summed E-state index contributed by atoms with van der Waals surface area (Å²) in [6.07, 6.45) is 0.503. The molecule has 2 N–H and O–H groups in total. The Bertz CT molecular complexity index is 419. The summed E-state index contributed by atoms with van der Waals surface area (Å²) < 4.78 is 25.5. The minimum Gasteiger partial charge on any atom is -0.355 e. The lowest BCUT2D eigenvalue weighted by Gasteiger charge is -2.25. The maximum absolute atomic E-state index is 12.9. The van der Waals surface area contributed by atoms with Crippen LogP contribution in [0.4, 0.5) is 8.78 Å². The summed E-state index contributed by atoms with van der Waals surface area (Å²) in [5.74, 6) is -1.62. The van der Waals surface area contributed by atoms with E-state index in [1.165, 1.54) is 6.07 Å². The smallest absolute Gasteiger partial charge is 0.225 e. The number of rotatable bonds is 4. The molecule has 0 aliphatic carbocycles. The highest BCUT2D eigenvalue weighted by molar-refractivity contribution is 5.79. The number of nitrogens with one attached hydrogen (secondary N) is 2. The van der Waals surface area contributed by atoms with Crippen LogP contribution in [0.5, 0.6) is 0 Å². The van der Waals surface area contributed by atoms with Gasteiger partial charge in [0.25, 0.3) is 0 Å². The predicted octanol–water partition coefficient (Wildman–Crippen LogP) is 0.843. The van der Waals surface area contributed by atoms with Gasteiger partial charge in [-0.25, -0.2) is 8.78 Å². The third-order valence-corrected chi connectivity index (χ3v) is 2.85. The van der Waals surface area contributed by atoms with Crippen LogP contribution in [-0.2, 0) is 11.2 Å². The summed E-state index contributed by atoms with van der Waals surface area (Å²) in [5.41, 5.74) is 0.677. The normalized spacial score (nSPS) is 15.4. The lowest BCUT2D eigenvalue weighted by atomic mass is 10.0. The summed E-state index contributed by atoms with van der Waals surface area (Å²) >= 11 is 0. The van der Waals surface area contributed by atoms with Crippen molar-refractivity contribution in [2.45, 2.75) is 6.42 Å². The largest absolute Gasteiger partial charge is 0.355 e. The second-order valence-corrected chi connectivity index (χ2v) is 4.14. The molecule has 1 aliphatic rings. The van der Waals surface area contributed by atoms with E-state index in [-0.39, 0.29) is 11.8 Å². The molecule has 5 heteroatoms. The Labute approximate surface area is 98.2 Å². The van der Waals surface area contributed by atoms with Crippen molar-refractivity contribution in [2.75, 3.05) is 19.6 Å². The Morgan fingerprint density at radius 3 is 2.71 bits per heavy atom. The van der Waals surface area contributed by atoms with Gasteiger partial charge >= 0.3 is 0 Å².